The second-order valence-electron chi connectivity index (χ2n) is 1.57. The molecular weight excluding hydrogens is 140 g/mol. The van der Waals surface area contributed by atoms with Gasteiger partial charge in [0, 0.05) is 12.2 Å². The fourth-order valence-corrected chi connectivity index (χ4v) is 0.911. The van der Waals surface area contributed by atoms with Crippen molar-refractivity contribution in [1.29, 1.82) is 0 Å². The summed E-state index contributed by atoms with van der Waals surface area (Å²) in [7, 11) is -2.97. The molecule has 0 fully saturated rings. The molecule has 0 amide bonds. The molecule has 53 valence electrons. The first-order valence-corrected chi connectivity index (χ1v) is 4.42. The molecule has 0 heterocycles. The van der Waals surface area contributed by atoms with Crippen LogP contribution in [0.4, 0.5) is 0 Å². The Morgan fingerprint density at radius 3 is 2.33 bits per heavy atom. The first kappa shape index (κ1) is 8.62. The van der Waals surface area contributed by atoms with Crippen molar-refractivity contribution in [2.45, 2.75) is 6.92 Å². The highest BCUT2D eigenvalue weighted by Crippen LogP contribution is 1.88. The average molecular weight is 149 g/mol. The van der Waals surface area contributed by atoms with Gasteiger partial charge in [-0.3, -0.25) is 0 Å². The topological polar surface area (TPSA) is 51.2 Å². The summed E-state index contributed by atoms with van der Waals surface area (Å²) in [5.74, 6) is -0.0374. The fraction of sp³-hybridized carbons (Fsp3) is 0.600. The Hall–Kier alpha value is -0.380. The maximum atomic E-state index is 10.6. The molecule has 0 N–H and O–H groups in total. The van der Waals surface area contributed by atoms with Gasteiger partial charge in [-0.2, -0.15) is 0 Å². The molecule has 0 aromatic heterocycles. The van der Waals surface area contributed by atoms with Crippen molar-refractivity contribution in [3.63, 3.8) is 0 Å². The van der Waals surface area contributed by atoms with E-state index in [9.17, 15) is 13.2 Å². The number of aldehydes is 1. The third-order valence-electron chi connectivity index (χ3n) is 0.886. The largest absolute Gasteiger partial charge is 0.303 e. The monoisotopic (exact) mass is 149 g/mol. The quantitative estimate of drug-likeness (QED) is 0.521. The number of hydrogen-bond donors (Lipinski definition) is 0. The van der Waals surface area contributed by atoms with Gasteiger partial charge in [-0.25, -0.2) is 8.42 Å². The van der Waals surface area contributed by atoms with Crippen LogP contribution in [0, 0.1) is 6.42 Å². The van der Waals surface area contributed by atoms with Crippen molar-refractivity contribution in [3.05, 3.63) is 6.42 Å². The SMILES string of the molecule is CCS(=O)(=O)C[CH]C=O. The van der Waals surface area contributed by atoms with E-state index in [0.717, 1.165) is 6.42 Å². The van der Waals surface area contributed by atoms with Gasteiger partial charge in [-0.1, -0.05) is 6.92 Å². The predicted octanol–water partition coefficient (Wildman–Crippen LogP) is -0.176. The van der Waals surface area contributed by atoms with Gasteiger partial charge in [0.25, 0.3) is 0 Å². The van der Waals surface area contributed by atoms with E-state index >= 15 is 0 Å². The van der Waals surface area contributed by atoms with Gasteiger partial charge in [0.15, 0.2) is 9.84 Å². The van der Waals surface area contributed by atoms with Crippen LogP contribution in [0.1, 0.15) is 6.92 Å². The highest BCUT2D eigenvalue weighted by atomic mass is 32.2. The molecule has 0 bridgehead atoms. The number of hydrogen-bond acceptors (Lipinski definition) is 3. The van der Waals surface area contributed by atoms with Crippen LogP contribution in [0.2, 0.25) is 0 Å². The molecule has 0 unspecified atom stereocenters. The number of carbonyl (C=O) groups is 1. The van der Waals surface area contributed by atoms with Crippen LogP contribution < -0.4 is 0 Å². The smallest absolute Gasteiger partial charge is 0.150 e. The van der Waals surface area contributed by atoms with E-state index in [1.165, 1.54) is 0 Å². The summed E-state index contributed by atoms with van der Waals surface area (Å²) < 4.78 is 21.1. The molecule has 4 heteroatoms. The first-order chi connectivity index (χ1) is 4.12. The highest BCUT2D eigenvalue weighted by molar-refractivity contribution is 7.91. The Bertz CT molecular complexity index is 169. The van der Waals surface area contributed by atoms with Gasteiger partial charge in [0.2, 0.25) is 0 Å². The predicted molar refractivity (Wildman–Crippen MR) is 34.7 cm³/mol. The highest BCUT2D eigenvalue weighted by Gasteiger charge is 2.04. The van der Waals surface area contributed by atoms with Crippen molar-refractivity contribution in [3.8, 4) is 0 Å². The number of carbonyl (C=O) groups excluding carboxylic acids is 1. The molecule has 0 saturated heterocycles. The third kappa shape index (κ3) is 4.14. The summed E-state index contributed by atoms with van der Waals surface area (Å²) in [5, 5.41) is 0. The lowest BCUT2D eigenvalue weighted by Crippen LogP contribution is -2.08. The minimum absolute atomic E-state index is 0.0946. The van der Waals surface area contributed by atoms with Crippen molar-refractivity contribution in [1.82, 2.24) is 0 Å². The van der Waals surface area contributed by atoms with Gasteiger partial charge in [-0.05, 0) is 0 Å². The molecule has 0 spiro atoms. The lowest BCUT2D eigenvalue weighted by atomic mass is 10.6. The molecule has 0 aliphatic carbocycles. The minimum Gasteiger partial charge on any atom is -0.303 e. The molecule has 3 nitrogen and oxygen atoms in total. The Balaban J connectivity index is 3.74. The van der Waals surface area contributed by atoms with Crippen LogP contribution in [0.3, 0.4) is 0 Å². The minimum atomic E-state index is -2.97. The van der Waals surface area contributed by atoms with E-state index in [2.05, 4.69) is 0 Å². The van der Waals surface area contributed by atoms with Gasteiger partial charge in [-0.15, -0.1) is 0 Å². The maximum Gasteiger partial charge on any atom is 0.150 e. The summed E-state index contributed by atoms with van der Waals surface area (Å²) in [6, 6.07) is 0. The van der Waals surface area contributed by atoms with Crippen molar-refractivity contribution in [2.75, 3.05) is 11.5 Å². The summed E-state index contributed by atoms with van der Waals surface area (Å²) in [6.07, 6.45) is 1.59. The van der Waals surface area contributed by atoms with Crippen molar-refractivity contribution in [2.24, 2.45) is 0 Å². The summed E-state index contributed by atoms with van der Waals surface area (Å²) in [4.78, 5) is 9.65. The van der Waals surface area contributed by atoms with Crippen LogP contribution in [0.15, 0.2) is 0 Å². The summed E-state index contributed by atoms with van der Waals surface area (Å²) >= 11 is 0. The Morgan fingerprint density at radius 2 is 2.00 bits per heavy atom. The van der Waals surface area contributed by atoms with Crippen LogP contribution in [0.25, 0.3) is 0 Å². The molecule has 9 heavy (non-hydrogen) atoms. The number of sulfone groups is 1. The van der Waals surface area contributed by atoms with E-state index in [0.29, 0.717) is 6.29 Å². The summed E-state index contributed by atoms with van der Waals surface area (Å²) in [5.41, 5.74) is 0. The normalized spacial score (nSPS) is 11.2. The van der Waals surface area contributed by atoms with E-state index in [4.69, 9.17) is 0 Å². The van der Waals surface area contributed by atoms with Gasteiger partial charge in [0.1, 0.15) is 6.29 Å². The van der Waals surface area contributed by atoms with Crippen LogP contribution >= 0.6 is 0 Å². The molecule has 0 aliphatic heterocycles. The third-order valence-corrected chi connectivity index (χ3v) is 2.47. The van der Waals surface area contributed by atoms with Crippen LogP contribution in [-0.4, -0.2) is 26.2 Å². The van der Waals surface area contributed by atoms with Crippen LogP contribution in [-0.2, 0) is 14.6 Å². The van der Waals surface area contributed by atoms with E-state index < -0.39 is 9.84 Å². The Kier molecular flexibility index (Phi) is 3.46. The lowest BCUT2D eigenvalue weighted by Gasteiger charge is -1.92. The molecule has 0 atom stereocenters. The first-order valence-electron chi connectivity index (χ1n) is 2.60. The van der Waals surface area contributed by atoms with E-state index in [1.54, 1.807) is 6.92 Å². The van der Waals surface area contributed by atoms with Gasteiger partial charge >= 0.3 is 0 Å². The number of rotatable bonds is 4. The fourth-order valence-electron chi connectivity index (χ4n) is 0.304. The molecule has 0 aliphatic rings. The molecule has 0 aromatic rings. The lowest BCUT2D eigenvalue weighted by molar-refractivity contribution is -0.105. The second-order valence-corrected chi connectivity index (χ2v) is 3.97. The standard InChI is InChI=1S/C5H9O3S/c1-2-9(7,8)5-3-4-6/h3-4H,2,5H2,1H3. The van der Waals surface area contributed by atoms with Crippen molar-refractivity contribution < 1.29 is 13.2 Å². The Morgan fingerprint density at radius 1 is 1.44 bits per heavy atom. The van der Waals surface area contributed by atoms with Gasteiger partial charge < -0.3 is 4.79 Å². The zero-order chi connectivity index (χ0) is 7.33. The van der Waals surface area contributed by atoms with Crippen molar-refractivity contribution >= 4 is 16.1 Å². The molecule has 0 aromatic carbocycles. The van der Waals surface area contributed by atoms with E-state index in [1.807, 2.05) is 0 Å². The Labute approximate surface area is 55.0 Å². The summed E-state index contributed by atoms with van der Waals surface area (Å²) in [6.45, 7) is 1.55. The molecule has 0 saturated carbocycles. The van der Waals surface area contributed by atoms with E-state index in [-0.39, 0.29) is 11.5 Å². The molecule has 0 rings (SSSR count). The second kappa shape index (κ2) is 3.61. The molecule has 1 radical (unpaired) electrons. The molecular formula is C5H9O3S. The van der Waals surface area contributed by atoms with Crippen LogP contribution in [0.5, 0.6) is 0 Å². The average Bonchev–Trinajstić information content (AvgIpc) is 1.84. The van der Waals surface area contributed by atoms with Gasteiger partial charge in [0.05, 0.1) is 5.75 Å². The maximum absolute atomic E-state index is 10.6. The zero-order valence-corrected chi connectivity index (χ0v) is 6.02. The zero-order valence-electron chi connectivity index (χ0n) is 5.20.